The lowest BCUT2D eigenvalue weighted by Gasteiger charge is -2.05. The second-order valence-corrected chi connectivity index (χ2v) is 4.10. The maximum atomic E-state index is 10.9. The molecule has 0 amide bonds. The Bertz CT molecular complexity index is 779. The number of carbonyl (C=O) groups is 1. The predicted octanol–water partition coefficient (Wildman–Crippen LogP) is 1.82. The van der Waals surface area contributed by atoms with Crippen LogP contribution in [-0.2, 0) is 0 Å². The fraction of sp³-hybridized carbons (Fsp3) is 0.0769. The molecule has 0 spiro atoms. The van der Waals surface area contributed by atoms with Crippen LogP contribution in [0.25, 0.3) is 16.9 Å². The van der Waals surface area contributed by atoms with E-state index in [1.807, 2.05) is 31.2 Å². The van der Waals surface area contributed by atoms with E-state index in [0.29, 0.717) is 11.5 Å². The van der Waals surface area contributed by atoms with Crippen LogP contribution in [-0.4, -0.2) is 30.8 Å². The molecule has 1 N–H and O–H groups in total. The van der Waals surface area contributed by atoms with Gasteiger partial charge in [-0.3, -0.25) is 0 Å². The van der Waals surface area contributed by atoms with Crippen molar-refractivity contribution in [3.05, 3.63) is 47.9 Å². The van der Waals surface area contributed by atoms with Crippen LogP contribution in [0.3, 0.4) is 0 Å². The van der Waals surface area contributed by atoms with Gasteiger partial charge in [0.2, 0.25) is 0 Å². The Morgan fingerprint density at radius 3 is 2.53 bits per heavy atom. The predicted molar refractivity (Wildman–Crippen MR) is 68.4 cm³/mol. The van der Waals surface area contributed by atoms with Crippen LogP contribution < -0.4 is 0 Å². The molecule has 0 bridgehead atoms. The number of rotatable bonds is 2. The number of nitrogens with zero attached hydrogens (tertiary/aromatic N) is 4. The number of para-hydroxylation sites is 2. The van der Waals surface area contributed by atoms with Crippen molar-refractivity contribution in [1.29, 1.82) is 0 Å². The molecule has 19 heavy (non-hydrogen) atoms. The Morgan fingerprint density at radius 1 is 1.21 bits per heavy atom. The molecule has 2 heterocycles. The van der Waals surface area contributed by atoms with Crippen molar-refractivity contribution in [2.75, 3.05) is 0 Å². The topological polar surface area (TPSA) is 80.9 Å². The van der Waals surface area contributed by atoms with Crippen molar-refractivity contribution in [2.45, 2.75) is 6.92 Å². The lowest BCUT2D eigenvalue weighted by molar-refractivity contribution is 0.0697. The molecular formula is C13H10N4O2. The van der Waals surface area contributed by atoms with E-state index >= 15 is 0 Å². The van der Waals surface area contributed by atoms with Crippen molar-refractivity contribution in [2.24, 2.45) is 0 Å². The lowest BCUT2D eigenvalue weighted by atomic mass is 10.3. The maximum Gasteiger partial charge on any atom is 0.338 e. The van der Waals surface area contributed by atoms with E-state index < -0.39 is 5.97 Å². The fourth-order valence-corrected chi connectivity index (χ4v) is 1.85. The van der Waals surface area contributed by atoms with Crippen LogP contribution in [0.2, 0.25) is 0 Å². The minimum Gasteiger partial charge on any atom is -0.478 e. The molecule has 2 aromatic heterocycles. The zero-order valence-electron chi connectivity index (χ0n) is 10.1. The van der Waals surface area contributed by atoms with Crippen LogP contribution in [0, 0.1) is 6.92 Å². The van der Waals surface area contributed by atoms with Gasteiger partial charge in [-0.25, -0.2) is 19.4 Å². The number of fused-ring (bicyclic) bond motifs is 1. The Labute approximate surface area is 108 Å². The first-order valence-electron chi connectivity index (χ1n) is 5.67. The molecule has 0 aliphatic heterocycles. The summed E-state index contributed by atoms with van der Waals surface area (Å²) >= 11 is 0. The number of aromatic nitrogens is 4. The summed E-state index contributed by atoms with van der Waals surface area (Å²) in [6, 6.07) is 7.51. The summed E-state index contributed by atoms with van der Waals surface area (Å²) in [6.07, 6.45) is 2.72. The average Bonchev–Trinajstić information content (AvgIpc) is 2.87. The van der Waals surface area contributed by atoms with Crippen LogP contribution in [0.1, 0.15) is 16.1 Å². The van der Waals surface area contributed by atoms with E-state index in [1.165, 1.54) is 17.1 Å². The third-order valence-corrected chi connectivity index (χ3v) is 2.77. The van der Waals surface area contributed by atoms with E-state index in [0.717, 1.165) is 11.0 Å². The molecule has 0 atom stereocenters. The number of hydrogen-bond donors (Lipinski definition) is 1. The summed E-state index contributed by atoms with van der Waals surface area (Å²) in [4.78, 5) is 19.8. The summed E-state index contributed by atoms with van der Waals surface area (Å²) in [6.45, 7) is 1.82. The molecule has 1 aromatic carbocycles. The Balaban J connectivity index is 2.18. The zero-order chi connectivity index (χ0) is 13.4. The molecule has 0 saturated carbocycles. The van der Waals surface area contributed by atoms with Crippen molar-refractivity contribution in [1.82, 2.24) is 19.7 Å². The highest BCUT2D eigenvalue weighted by atomic mass is 16.4. The monoisotopic (exact) mass is 254 g/mol. The van der Waals surface area contributed by atoms with Gasteiger partial charge in [-0.05, 0) is 19.1 Å². The molecule has 6 heteroatoms. The minimum absolute atomic E-state index is 0.120. The minimum atomic E-state index is -1.02. The molecular weight excluding hydrogens is 244 g/mol. The van der Waals surface area contributed by atoms with E-state index in [-0.39, 0.29) is 5.56 Å². The Hall–Kier alpha value is -2.76. The highest BCUT2D eigenvalue weighted by molar-refractivity contribution is 5.87. The van der Waals surface area contributed by atoms with Gasteiger partial charge in [0, 0.05) is 6.20 Å². The van der Waals surface area contributed by atoms with E-state index in [4.69, 9.17) is 5.11 Å². The van der Waals surface area contributed by atoms with E-state index in [1.54, 1.807) is 0 Å². The van der Waals surface area contributed by atoms with E-state index in [9.17, 15) is 4.79 Å². The zero-order valence-corrected chi connectivity index (χ0v) is 10.1. The Morgan fingerprint density at radius 2 is 1.89 bits per heavy atom. The van der Waals surface area contributed by atoms with Gasteiger partial charge in [-0.1, -0.05) is 12.1 Å². The summed E-state index contributed by atoms with van der Waals surface area (Å²) in [5.74, 6) is -0.483. The van der Waals surface area contributed by atoms with Gasteiger partial charge in [0.25, 0.3) is 0 Å². The molecule has 94 valence electrons. The van der Waals surface area contributed by atoms with Crippen molar-refractivity contribution in [3.63, 3.8) is 0 Å². The molecule has 3 aromatic rings. The quantitative estimate of drug-likeness (QED) is 0.754. The smallest absolute Gasteiger partial charge is 0.338 e. The molecule has 0 aliphatic rings. The van der Waals surface area contributed by atoms with Crippen molar-refractivity contribution in [3.8, 4) is 5.82 Å². The summed E-state index contributed by atoms with van der Waals surface area (Å²) < 4.78 is 1.43. The Kier molecular flexibility index (Phi) is 2.49. The standard InChI is InChI=1S/C13H10N4O2/c1-8-12(17-7-9(6-14-17)13(18)19)16-11-5-3-2-4-10(11)15-8/h2-7H,1H3,(H,18,19). The first-order valence-corrected chi connectivity index (χ1v) is 5.67. The van der Waals surface area contributed by atoms with Gasteiger partial charge in [-0.2, -0.15) is 5.10 Å². The van der Waals surface area contributed by atoms with Gasteiger partial charge in [0.15, 0.2) is 5.82 Å². The first-order chi connectivity index (χ1) is 9.15. The molecule has 6 nitrogen and oxygen atoms in total. The van der Waals surface area contributed by atoms with Gasteiger partial charge >= 0.3 is 5.97 Å². The third kappa shape index (κ3) is 1.93. The lowest BCUT2D eigenvalue weighted by Crippen LogP contribution is -2.03. The molecule has 0 unspecified atom stereocenters. The third-order valence-electron chi connectivity index (χ3n) is 2.77. The normalized spacial score (nSPS) is 10.8. The summed E-state index contributed by atoms with van der Waals surface area (Å²) in [5.41, 5.74) is 2.36. The van der Waals surface area contributed by atoms with Gasteiger partial charge in [0.05, 0.1) is 28.5 Å². The first kappa shape index (κ1) is 11.3. The van der Waals surface area contributed by atoms with Gasteiger partial charge in [0.1, 0.15) is 0 Å². The molecule has 0 aliphatic carbocycles. The molecule has 0 fully saturated rings. The number of carboxylic acid groups (broad SMARTS) is 1. The highest BCUT2D eigenvalue weighted by Gasteiger charge is 2.11. The highest BCUT2D eigenvalue weighted by Crippen LogP contribution is 2.15. The summed E-state index contributed by atoms with van der Waals surface area (Å²) in [7, 11) is 0. The molecule has 0 saturated heterocycles. The summed E-state index contributed by atoms with van der Waals surface area (Å²) in [5, 5.41) is 12.9. The number of benzene rings is 1. The second kappa shape index (κ2) is 4.16. The van der Waals surface area contributed by atoms with Gasteiger partial charge < -0.3 is 5.11 Å². The number of hydrogen-bond acceptors (Lipinski definition) is 4. The van der Waals surface area contributed by atoms with Gasteiger partial charge in [-0.15, -0.1) is 0 Å². The van der Waals surface area contributed by atoms with Crippen LogP contribution in [0.5, 0.6) is 0 Å². The van der Waals surface area contributed by atoms with Crippen LogP contribution >= 0.6 is 0 Å². The molecule has 3 rings (SSSR count). The largest absolute Gasteiger partial charge is 0.478 e. The van der Waals surface area contributed by atoms with Crippen molar-refractivity contribution < 1.29 is 9.90 Å². The number of aromatic carboxylic acids is 1. The maximum absolute atomic E-state index is 10.9. The van der Waals surface area contributed by atoms with E-state index in [2.05, 4.69) is 15.1 Å². The van der Waals surface area contributed by atoms with Crippen LogP contribution in [0.15, 0.2) is 36.7 Å². The molecule has 0 radical (unpaired) electrons. The second-order valence-electron chi connectivity index (χ2n) is 4.10. The number of aryl methyl sites for hydroxylation is 1. The van der Waals surface area contributed by atoms with Crippen LogP contribution in [0.4, 0.5) is 0 Å². The average molecular weight is 254 g/mol. The number of carboxylic acids is 1. The van der Waals surface area contributed by atoms with Crippen molar-refractivity contribution >= 4 is 17.0 Å². The fourth-order valence-electron chi connectivity index (χ4n) is 1.85. The SMILES string of the molecule is Cc1nc2ccccc2nc1-n1cc(C(=O)O)cn1.